The molecule has 0 radical (unpaired) electrons. The summed E-state index contributed by atoms with van der Waals surface area (Å²) in [7, 11) is 0. The van der Waals surface area contributed by atoms with E-state index in [0.717, 1.165) is 10.8 Å². The molecule has 0 N–H and O–H groups in total. The van der Waals surface area contributed by atoms with E-state index in [1.165, 1.54) is 11.8 Å². The van der Waals surface area contributed by atoms with E-state index >= 15 is 0 Å². The van der Waals surface area contributed by atoms with Gasteiger partial charge in [0.25, 0.3) is 11.8 Å². The SMILES string of the molecule is CC(=O)c1ccc2c3c(cccc13)C(=O)N(c1ccc3ccccc3c1)C2=O. The third-order valence-corrected chi connectivity index (χ3v) is 5.28. The maximum absolute atomic E-state index is 13.3. The summed E-state index contributed by atoms with van der Waals surface area (Å²) in [6.07, 6.45) is 0. The number of carbonyl (C=O) groups is 3. The molecular formula is C24H15NO3. The van der Waals surface area contributed by atoms with Crippen LogP contribution in [0.3, 0.4) is 0 Å². The zero-order valence-electron chi connectivity index (χ0n) is 15.1. The van der Waals surface area contributed by atoms with Gasteiger partial charge in [-0.15, -0.1) is 0 Å². The minimum atomic E-state index is -0.376. The summed E-state index contributed by atoms with van der Waals surface area (Å²) >= 11 is 0. The predicted molar refractivity (Wildman–Crippen MR) is 109 cm³/mol. The zero-order valence-corrected chi connectivity index (χ0v) is 15.1. The summed E-state index contributed by atoms with van der Waals surface area (Å²) in [5.74, 6) is -0.848. The van der Waals surface area contributed by atoms with Crippen LogP contribution in [0.2, 0.25) is 0 Å². The number of benzene rings is 4. The standard InChI is InChI=1S/C24H15NO3/c1-14(26)18-11-12-21-22-19(18)7-4-8-20(22)23(27)25(24(21)28)17-10-9-15-5-2-3-6-16(15)13-17/h2-13H,1H3. The number of carbonyl (C=O) groups excluding carboxylic acids is 3. The first kappa shape index (κ1) is 16.4. The Morgan fingerprint density at radius 3 is 2.21 bits per heavy atom. The first-order valence-electron chi connectivity index (χ1n) is 9.00. The number of rotatable bonds is 2. The van der Waals surface area contributed by atoms with Crippen molar-refractivity contribution in [2.45, 2.75) is 6.92 Å². The molecular weight excluding hydrogens is 350 g/mol. The molecule has 1 heterocycles. The highest BCUT2D eigenvalue weighted by Crippen LogP contribution is 2.35. The van der Waals surface area contributed by atoms with Crippen LogP contribution in [0.25, 0.3) is 21.5 Å². The number of fused-ring (bicyclic) bond motifs is 1. The van der Waals surface area contributed by atoms with Crippen molar-refractivity contribution < 1.29 is 14.4 Å². The lowest BCUT2D eigenvalue weighted by atomic mass is 9.90. The molecule has 134 valence electrons. The molecule has 0 bridgehead atoms. The van der Waals surface area contributed by atoms with E-state index in [2.05, 4.69) is 0 Å². The fourth-order valence-corrected chi connectivity index (χ4v) is 3.95. The van der Waals surface area contributed by atoms with Crippen LogP contribution in [0.1, 0.15) is 38.0 Å². The van der Waals surface area contributed by atoms with Gasteiger partial charge in [0, 0.05) is 22.1 Å². The second kappa shape index (κ2) is 5.86. The highest BCUT2D eigenvalue weighted by Gasteiger charge is 2.34. The lowest BCUT2D eigenvalue weighted by Crippen LogP contribution is -2.40. The molecule has 1 aliphatic heterocycles. The molecule has 0 saturated heterocycles. The Morgan fingerprint density at radius 1 is 0.750 bits per heavy atom. The monoisotopic (exact) mass is 365 g/mol. The van der Waals surface area contributed by atoms with Crippen molar-refractivity contribution >= 4 is 44.8 Å². The van der Waals surface area contributed by atoms with Gasteiger partial charge in [-0.05, 0) is 53.4 Å². The van der Waals surface area contributed by atoms with Crippen molar-refractivity contribution in [2.24, 2.45) is 0 Å². The molecule has 1 aliphatic rings. The predicted octanol–water partition coefficient (Wildman–Crippen LogP) is 5.00. The van der Waals surface area contributed by atoms with Gasteiger partial charge in [-0.2, -0.15) is 0 Å². The fraction of sp³-hybridized carbons (Fsp3) is 0.0417. The summed E-state index contributed by atoms with van der Waals surface area (Å²) in [6.45, 7) is 1.48. The Kier molecular flexibility index (Phi) is 3.43. The van der Waals surface area contributed by atoms with E-state index in [1.54, 1.807) is 36.4 Å². The van der Waals surface area contributed by atoms with Crippen LogP contribution in [-0.4, -0.2) is 17.6 Å². The number of ketones is 1. The van der Waals surface area contributed by atoms with Crippen LogP contribution in [0.15, 0.2) is 72.8 Å². The average Bonchev–Trinajstić information content (AvgIpc) is 2.71. The number of anilines is 1. The Balaban J connectivity index is 1.75. The third-order valence-electron chi connectivity index (χ3n) is 5.28. The maximum Gasteiger partial charge on any atom is 0.265 e. The second-order valence-corrected chi connectivity index (χ2v) is 6.92. The lowest BCUT2D eigenvalue weighted by molar-refractivity contribution is 0.0892. The van der Waals surface area contributed by atoms with Crippen molar-refractivity contribution in [3.63, 3.8) is 0 Å². The van der Waals surface area contributed by atoms with Gasteiger partial charge in [0.05, 0.1) is 5.69 Å². The zero-order chi connectivity index (χ0) is 19.4. The van der Waals surface area contributed by atoms with Crippen LogP contribution in [-0.2, 0) is 0 Å². The van der Waals surface area contributed by atoms with Gasteiger partial charge in [0.15, 0.2) is 5.78 Å². The largest absolute Gasteiger partial charge is 0.294 e. The number of amides is 2. The van der Waals surface area contributed by atoms with Crippen molar-refractivity contribution in [3.05, 3.63) is 89.5 Å². The van der Waals surface area contributed by atoms with E-state index < -0.39 is 0 Å². The van der Waals surface area contributed by atoms with Crippen LogP contribution in [0.5, 0.6) is 0 Å². The van der Waals surface area contributed by atoms with Crippen LogP contribution in [0.4, 0.5) is 5.69 Å². The molecule has 0 unspecified atom stereocenters. The quantitative estimate of drug-likeness (QED) is 0.371. The summed E-state index contributed by atoms with van der Waals surface area (Å²) in [6, 6.07) is 21.9. The Morgan fingerprint density at radius 2 is 1.46 bits per heavy atom. The maximum atomic E-state index is 13.3. The fourth-order valence-electron chi connectivity index (χ4n) is 3.95. The summed E-state index contributed by atoms with van der Waals surface area (Å²) in [5.41, 5.74) is 1.92. The molecule has 5 rings (SSSR count). The molecule has 4 nitrogen and oxygen atoms in total. The molecule has 0 saturated carbocycles. The minimum Gasteiger partial charge on any atom is -0.294 e. The van der Waals surface area contributed by atoms with E-state index in [4.69, 9.17) is 0 Å². The molecule has 2 amide bonds. The van der Waals surface area contributed by atoms with Gasteiger partial charge < -0.3 is 0 Å². The molecule has 0 atom stereocenters. The van der Waals surface area contributed by atoms with E-state index in [9.17, 15) is 14.4 Å². The van der Waals surface area contributed by atoms with E-state index in [0.29, 0.717) is 33.2 Å². The van der Waals surface area contributed by atoms with Crippen molar-refractivity contribution in [3.8, 4) is 0 Å². The molecule has 0 fully saturated rings. The van der Waals surface area contributed by atoms with E-state index in [-0.39, 0.29) is 17.6 Å². The van der Waals surface area contributed by atoms with Crippen molar-refractivity contribution in [2.75, 3.05) is 4.90 Å². The molecule has 4 aromatic rings. The number of hydrogen-bond acceptors (Lipinski definition) is 3. The van der Waals surface area contributed by atoms with Gasteiger partial charge in [0.2, 0.25) is 0 Å². The normalized spacial score (nSPS) is 13.4. The minimum absolute atomic E-state index is 0.0967. The molecule has 28 heavy (non-hydrogen) atoms. The Bertz CT molecular complexity index is 1310. The average molecular weight is 365 g/mol. The summed E-state index contributed by atoms with van der Waals surface area (Å²) in [5, 5.41) is 3.19. The highest BCUT2D eigenvalue weighted by atomic mass is 16.2. The second-order valence-electron chi connectivity index (χ2n) is 6.92. The molecule has 0 aromatic heterocycles. The van der Waals surface area contributed by atoms with Crippen molar-refractivity contribution in [1.29, 1.82) is 0 Å². The Labute approximate surface area is 161 Å². The van der Waals surface area contributed by atoms with Gasteiger partial charge in [-0.3, -0.25) is 14.4 Å². The first-order valence-corrected chi connectivity index (χ1v) is 9.00. The summed E-state index contributed by atoms with van der Waals surface area (Å²) in [4.78, 5) is 39.7. The number of hydrogen-bond donors (Lipinski definition) is 0. The number of imide groups is 1. The first-order chi connectivity index (χ1) is 13.6. The van der Waals surface area contributed by atoms with Gasteiger partial charge in [0.1, 0.15) is 0 Å². The van der Waals surface area contributed by atoms with E-state index in [1.807, 2.05) is 36.4 Å². The summed E-state index contributed by atoms with van der Waals surface area (Å²) < 4.78 is 0. The highest BCUT2D eigenvalue weighted by molar-refractivity contribution is 6.36. The van der Waals surface area contributed by atoms with Crippen molar-refractivity contribution in [1.82, 2.24) is 0 Å². The van der Waals surface area contributed by atoms with Gasteiger partial charge in [-0.1, -0.05) is 42.5 Å². The molecule has 0 spiro atoms. The van der Waals surface area contributed by atoms with Gasteiger partial charge in [-0.25, -0.2) is 4.90 Å². The lowest BCUT2D eigenvalue weighted by Gasteiger charge is -2.28. The third kappa shape index (κ3) is 2.21. The topological polar surface area (TPSA) is 54.5 Å². The smallest absolute Gasteiger partial charge is 0.265 e. The number of nitrogens with zero attached hydrogens (tertiary/aromatic N) is 1. The van der Waals surface area contributed by atoms with Crippen LogP contribution in [0, 0.1) is 0 Å². The molecule has 4 aromatic carbocycles. The Hall–Kier alpha value is -3.79. The van der Waals surface area contributed by atoms with Crippen LogP contribution < -0.4 is 4.90 Å². The molecule has 4 heteroatoms. The molecule has 0 aliphatic carbocycles. The number of Topliss-reactive ketones (excluding diaryl/α,β-unsaturated/α-hetero) is 1. The van der Waals surface area contributed by atoms with Gasteiger partial charge >= 0.3 is 0 Å². The van der Waals surface area contributed by atoms with Crippen LogP contribution >= 0.6 is 0 Å².